The quantitative estimate of drug-likeness (QED) is 0.754. The van der Waals surface area contributed by atoms with E-state index < -0.39 is 0 Å². The Morgan fingerprint density at radius 1 is 1.05 bits per heavy atom. The minimum absolute atomic E-state index is 0.224. The number of phenolic OH excluding ortho intramolecular Hbond substituents is 1. The molecule has 2 aromatic rings. The van der Waals surface area contributed by atoms with Gasteiger partial charge in [-0.05, 0) is 31.2 Å². The number of aromatic hydroxyl groups is 1. The molecule has 0 bridgehead atoms. The Kier molecular flexibility index (Phi) is 3.10. The molecule has 0 saturated heterocycles. The molecule has 0 spiro atoms. The van der Waals surface area contributed by atoms with E-state index >= 15 is 0 Å². The van der Waals surface area contributed by atoms with E-state index in [0.29, 0.717) is 17.7 Å². The first-order valence-electron chi connectivity index (χ1n) is 6.57. The van der Waals surface area contributed by atoms with Crippen LogP contribution in [0.3, 0.4) is 0 Å². The zero-order valence-corrected chi connectivity index (χ0v) is 11.4. The van der Waals surface area contributed by atoms with Gasteiger partial charge in [-0.2, -0.15) is 0 Å². The number of anilines is 1. The highest BCUT2D eigenvalue weighted by Crippen LogP contribution is 2.23. The summed E-state index contributed by atoms with van der Waals surface area (Å²) in [6, 6.07) is 10.4. The van der Waals surface area contributed by atoms with Crippen molar-refractivity contribution >= 4 is 17.5 Å². The number of hydrogen-bond donors (Lipinski definition) is 3. The summed E-state index contributed by atoms with van der Waals surface area (Å²) in [6.45, 7) is 2.39. The highest BCUT2D eigenvalue weighted by Gasteiger charge is 2.26. The molecule has 1 aliphatic heterocycles. The first kappa shape index (κ1) is 13.2. The van der Waals surface area contributed by atoms with E-state index in [1.165, 1.54) is 0 Å². The van der Waals surface area contributed by atoms with Crippen LogP contribution in [0.5, 0.6) is 5.75 Å². The van der Waals surface area contributed by atoms with Gasteiger partial charge in [-0.1, -0.05) is 17.7 Å². The minimum atomic E-state index is -0.378. The molecular formula is C16H14N2O3. The number of amides is 2. The second-order valence-corrected chi connectivity index (χ2v) is 5.03. The summed E-state index contributed by atoms with van der Waals surface area (Å²) in [5.74, 6) is -0.517. The van der Waals surface area contributed by atoms with Gasteiger partial charge in [0, 0.05) is 17.8 Å². The lowest BCUT2D eigenvalue weighted by Gasteiger charge is -2.09. The SMILES string of the molecule is Cc1ccc(O)c(CNc2ccc3c(c2)C(=O)NC3=O)c1. The number of aryl methyl sites for hydroxylation is 1. The van der Waals surface area contributed by atoms with E-state index in [0.717, 1.165) is 16.8 Å². The van der Waals surface area contributed by atoms with Crippen molar-refractivity contribution in [2.45, 2.75) is 13.5 Å². The number of fused-ring (bicyclic) bond motifs is 1. The number of nitrogens with one attached hydrogen (secondary N) is 2. The number of imide groups is 1. The highest BCUT2D eigenvalue weighted by atomic mass is 16.3. The molecule has 3 rings (SSSR count). The molecule has 0 atom stereocenters. The summed E-state index contributed by atoms with van der Waals surface area (Å²) in [7, 11) is 0. The van der Waals surface area contributed by atoms with E-state index in [-0.39, 0.29) is 17.6 Å². The van der Waals surface area contributed by atoms with Crippen LogP contribution in [0.4, 0.5) is 5.69 Å². The van der Waals surface area contributed by atoms with Gasteiger partial charge in [0.2, 0.25) is 0 Å². The van der Waals surface area contributed by atoms with Crippen LogP contribution in [-0.2, 0) is 6.54 Å². The number of benzene rings is 2. The summed E-state index contributed by atoms with van der Waals surface area (Å²) in [6.07, 6.45) is 0. The number of phenols is 1. The molecule has 3 N–H and O–H groups in total. The summed E-state index contributed by atoms with van der Waals surface area (Å²) < 4.78 is 0. The number of hydrogen-bond acceptors (Lipinski definition) is 4. The second-order valence-electron chi connectivity index (χ2n) is 5.03. The highest BCUT2D eigenvalue weighted by molar-refractivity contribution is 6.21. The molecule has 2 aromatic carbocycles. The lowest BCUT2D eigenvalue weighted by atomic mass is 10.1. The minimum Gasteiger partial charge on any atom is -0.508 e. The standard InChI is InChI=1S/C16H14N2O3/c1-9-2-5-14(19)10(6-9)8-17-11-3-4-12-13(7-11)16(21)18-15(12)20/h2-7,17,19H,8H2,1H3,(H,18,20,21). The van der Waals surface area contributed by atoms with Gasteiger partial charge in [-0.25, -0.2) is 0 Å². The van der Waals surface area contributed by atoms with Crippen LogP contribution in [-0.4, -0.2) is 16.9 Å². The van der Waals surface area contributed by atoms with Crippen LogP contribution in [0.25, 0.3) is 0 Å². The van der Waals surface area contributed by atoms with E-state index in [4.69, 9.17) is 0 Å². The number of carbonyl (C=O) groups is 2. The number of carbonyl (C=O) groups excluding carboxylic acids is 2. The van der Waals surface area contributed by atoms with Gasteiger partial charge >= 0.3 is 0 Å². The van der Waals surface area contributed by atoms with Crippen molar-refractivity contribution < 1.29 is 14.7 Å². The Bertz CT molecular complexity index is 753. The van der Waals surface area contributed by atoms with Crippen LogP contribution in [0.15, 0.2) is 36.4 Å². The second kappa shape index (κ2) is 4.94. The molecule has 2 amide bonds. The predicted octanol–water partition coefficient (Wildman–Crippen LogP) is 2.20. The molecular weight excluding hydrogens is 268 g/mol. The van der Waals surface area contributed by atoms with Crippen LogP contribution in [0, 0.1) is 6.92 Å². The van der Waals surface area contributed by atoms with Crippen molar-refractivity contribution in [1.82, 2.24) is 5.32 Å². The molecule has 0 fully saturated rings. The van der Waals surface area contributed by atoms with Gasteiger partial charge < -0.3 is 10.4 Å². The molecule has 0 radical (unpaired) electrons. The van der Waals surface area contributed by atoms with Gasteiger partial charge in [-0.15, -0.1) is 0 Å². The topological polar surface area (TPSA) is 78.4 Å². The van der Waals surface area contributed by atoms with Crippen molar-refractivity contribution in [3.8, 4) is 5.75 Å². The maximum atomic E-state index is 11.6. The fourth-order valence-electron chi connectivity index (χ4n) is 2.33. The molecule has 21 heavy (non-hydrogen) atoms. The molecule has 0 aromatic heterocycles. The molecule has 1 heterocycles. The van der Waals surface area contributed by atoms with Crippen molar-refractivity contribution in [1.29, 1.82) is 0 Å². The van der Waals surface area contributed by atoms with Gasteiger partial charge in [0.25, 0.3) is 11.8 Å². The van der Waals surface area contributed by atoms with E-state index in [1.807, 2.05) is 19.1 Å². The summed E-state index contributed by atoms with van der Waals surface area (Å²) in [4.78, 5) is 23.1. The third kappa shape index (κ3) is 2.45. The fourth-order valence-corrected chi connectivity index (χ4v) is 2.33. The zero-order valence-electron chi connectivity index (χ0n) is 11.4. The van der Waals surface area contributed by atoms with Crippen LogP contribution < -0.4 is 10.6 Å². The largest absolute Gasteiger partial charge is 0.508 e. The van der Waals surface area contributed by atoms with Crippen molar-refractivity contribution in [3.05, 3.63) is 58.7 Å². The van der Waals surface area contributed by atoms with Crippen molar-refractivity contribution in [2.24, 2.45) is 0 Å². The maximum Gasteiger partial charge on any atom is 0.259 e. The van der Waals surface area contributed by atoms with Crippen molar-refractivity contribution in [2.75, 3.05) is 5.32 Å². The Labute approximate surface area is 121 Å². The first-order chi connectivity index (χ1) is 10.0. The average molecular weight is 282 g/mol. The lowest BCUT2D eigenvalue weighted by Crippen LogP contribution is -2.19. The molecule has 0 aliphatic carbocycles. The molecule has 106 valence electrons. The number of rotatable bonds is 3. The smallest absolute Gasteiger partial charge is 0.259 e. The van der Waals surface area contributed by atoms with Crippen LogP contribution in [0.2, 0.25) is 0 Å². The van der Waals surface area contributed by atoms with Crippen LogP contribution in [0.1, 0.15) is 31.8 Å². The maximum absolute atomic E-state index is 11.6. The first-order valence-corrected chi connectivity index (χ1v) is 6.57. The molecule has 5 heteroatoms. The third-order valence-electron chi connectivity index (χ3n) is 3.45. The van der Waals surface area contributed by atoms with Gasteiger partial charge in [-0.3, -0.25) is 14.9 Å². The Morgan fingerprint density at radius 2 is 1.81 bits per heavy atom. The average Bonchev–Trinajstić information content (AvgIpc) is 2.75. The summed E-state index contributed by atoms with van der Waals surface area (Å²) in [5, 5.41) is 15.2. The fraction of sp³-hybridized carbons (Fsp3) is 0.125. The Hall–Kier alpha value is -2.82. The Balaban J connectivity index is 1.80. The lowest BCUT2D eigenvalue weighted by molar-refractivity contribution is 0.0879. The van der Waals surface area contributed by atoms with Crippen molar-refractivity contribution in [3.63, 3.8) is 0 Å². The van der Waals surface area contributed by atoms with E-state index in [1.54, 1.807) is 24.3 Å². The van der Waals surface area contributed by atoms with Gasteiger partial charge in [0.05, 0.1) is 11.1 Å². The van der Waals surface area contributed by atoms with E-state index in [9.17, 15) is 14.7 Å². The van der Waals surface area contributed by atoms with E-state index in [2.05, 4.69) is 10.6 Å². The summed E-state index contributed by atoms with van der Waals surface area (Å²) >= 11 is 0. The van der Waals surface area contributed by atoms with Crippen LogP contribution >= 0.6 is 0 Å². The third-order valence-corrected chi connectivity index (χ3v) is 3.45. The molecule has 1 aliphatic rings. The van der Waals surface area contributed by atoms with Gasteiger partial charge in [0.1, 0.15) is 5.75 Å². The summed E-state index contributed by atoms with van der Waals surface area (Å²) in [5.41, 5.74) is 3.32. The molecule has 0 saturated carbocycles. The predicted molar refractivity (Wildman–Crippen MR) is 78.4 cm³/mol. The monoisotopic (exact) mass is 282 g/mol. The Morgan fingerprint density at radius 3 is 2.62 bits per heavy atom. The molecule has 5 nitrogen and oxygen atoms in total. The zero-order chi connectivity index (χ0) is 15.0. The van der Waals surface area contributed by atoms with Gasteiger partial charge in [0.15, 0.2) is 0 Å². The normalized spacial score (nSPS) is 13.0. The molecule has 0 unspecified atom stereocenters.